The van der Waals surface area contributed by atoms with Gasteiger partial charge >= 0.3 is 0 Å². The van der Waals surface area contributed by atoms with Crippen molar-refractivity contribution in [3.63, 3.8) is 0 Å². The number of rotatable bonds is 4. The number of hydrogen-bond acceptors (Lipinski definition) is 4. The van der Waals surface area contributed by atoms with Crippen LogP contribution in [0.3, 0.4) is 0 Å². The van der Waals surface area contributed by atoms with Gasteiger partial charge in [-0.05, 0) is 12.1 Å². The summed E-state index contributed by atoms with van der Waals surface area (Å²) in [5.41, 5.74) is 0.175. The van der Waals surface area contributed by atoms with Crippen molar-refractivity contribution in [1.82, 2.24) is 4.90 Å². The largest absolute Gasteiger partial charge is 0.484 e. The van der Waals surface area contributed by atoms with Crippen molar-refractivity contribution in [3.05, 3.63) is 29.6 Å². The Balaban J connectivity index is 1.92. The minimum Gasteiger partial charge on any atom is -0.484 e. The number of amides is 1. The van der Waals surface area contributed by atoms with E-state index in [1.54, 1.807) is 4.90 Å². The highest BCUT2D eigenvalue weighted by molar-refractivity contribution is 5.78. The molecule has 0 aromatic heterocycles. The summed E-state index contributed by atoms with van der Waals surface area (Å²) < 4.78 is 23.5. The van der Waals surface area contributed by atoms with Crippen molar-refractivity contribution in [2.45, 2.75) is 0 Å². The Morgan fingerprint density at radius 2 is 2.11 bits per heavy atom. The summed E-state index contributed by atoms with van der Waals surface area (Å²) in [6.45, 7) is 1.92. The van der Waals surface area contributed by atoms with Crippen LogP contribution >= 0.6 is 0 Å². The highest BCUT2D eigenvalue weighted by atomic mass is 19.1. The van der Waals surface area contributed by atoms with Gasteiger partial charge in [0.15, 0.2) is 6.61 Å². The number of hydrogen-bond donors (Lipinski definition) is 0. The molecule has 0 bridgehead atoms. The zero-order valence-corrected chi connectivity index (χ0v) is 10.3. The van der Waals surface area contributed by atoms with E-state index in [-0.39, 0.29) is 23.8 Å². The van der Waals surface area contributed by atoms with E-state index in [2.05, 4.69) is 0 Å². The number of carbonyl (C=O) groups is 2. The maximum Gasteiger partial charge on any atom is 0.260 e. The molecule has 0 radical (unpaired) electrons. The van der Waals surface area contributed by atoms with Crippen LogP contribution < -0.4 is 4.74 Å². The normalized spacial score (nSPS) is 15.1. The topological polar surface area (TPSA) is 55.8 Å². The summed E-state index contributed by atoms with van der Waals surface area (Å²) in [7, 11) is 0. The number of halogens is 1. The SMILES string of the molecule is O=Cc1cc(F)cc(OCC(=O)N2CCOCC2)c1. The minimum atomic E-state index is -0.571. The molecule has 102 valence electrons. The van der Waals surface area contributed by atoms with E-state index in [0.717, 1.165) is 12.1 Å². The van der Waals surface area contributed by atoms with Gasteiger partial charge in [0.25, 0.3) is 5.91 Å². The third kappa shape index (κ3) is 3.75. The molecule has 19 heavy (non-hydrogen) atoms. The second kappa shape index (κ2) is 6.29. The third-order valence-corrected chi connectivity index (χ3v) is 2.76. The Labute approximate surface area is 109 Å². The Hall–Kier alpha value is -1.95. The standard InChI is InChI=1S/C13H14FNO4/c14-11-5-10(8-16)6-12(7-11)19-9-13(17)15-1-3-18-4-2-15/h5-8H,1-4,9H2. The van der Waals surface area contributed by atoms with Gasteiger partial charge in [-0.25, -0.2) is 4.39 Å². The molecule has 1 heterocycles. The minimum absolute atomic E-state index is 0.170. The molecule has 2 rings (SSSR count). The van der Waals surface area contributed by atoms with Gasteiger partial charge in [0.05, 0.1) is 13.2 Å². The fourth-order valence-corrected chi connectivity index (χ4v) is 1.78. The van der Waals surface area contributed by atoms with Gasteiger partial charge in [-0.1, -0.05) is 0 Å². The predicted molar refractivity (Wildman–Crippen MR) is 64.7 cm³/mol. The second-order valence-electron chi connectivity index (χ2n) is 4.12. The van der Waals surface area contributed by atoms with Gasteiger partial charge in [-0.2, -0.15) is 0 Å². The van der Waals surface area contributed by atoms with Crippen LogP contribution in [0.2, 0.25) is 0 Å². The van der Waals surface area contributed by atoms with Crippen LogP contribution in [0.4, 0.5) is 4.39 Å². The third-order valence-electron chi connectivity index (χ3n) is 2.76. The molecular weight excluding hydrogens is 253 g/mol. The first-order valence-electron chi connectivity index (χ1n) is 5.93. The lowest BCUT2D eigenvalue weighted by molar-refractivity contribution is -0.137. The lowest BCUT2D eigenvalue weighted by atomic mass is 10.2. The van der Waals surface area contributed by atoms with Crippen LogP contribution in [0.15, 0.2) is 18.2 Å². The monoisotopic (exact) mass is 267 g/mol. The molecule has 1 aromatic carbocycles. The number of benzene rings is 1. The highest BCUT2D eigenvalue weighted by Gasteiger charge is 2.17. The van der Waals surface area contributed by atoms with Gasteiger partial charge in [0, 0.05) is 24.7 Å². The van der Waals surface area contributed by atoms with Crippen molar-refractivity contribution < 1.29 is 23.5 Å². The highest BCUT2D eigenvalue weighted by Crippen LogP contribution is 2.15. The lowest BCUT2D eigenvalue weighted by Crippen LogP contribution is -2.42. The molecule has 1 fully saturated rings. The Bertz CT molecular complexity index is 472. The van der Waals surface area contributed by atoms with Crippen LogP contribution in [0.25, 0.3) is 0 Å². The molecule has 0 unspecified atom stereocenters. The molecule has 0 spiro atoms. The van der Waals surface area contributed by atoms with Crippen molar-refractivity contribution in [2.24, 2.45) is 0 Å². The Kier molecular flexibility index (Phi) is 4.46. The fraction of sp³-hybridized carbons (Fsp3) is 0.385. The Morgan fingerprint density at radius 3 is 2.79 bits per heavy atom. The molecule has 1 aliphatic heterocycles. The number of morpholine rings is 1. The molecule has 1 aromatic rings. The van der Waals surface area contributed by atoms with Gasteiger partial charge in [-0.3, -0.25) is 9.59 Å². The number of nitrogens with zero attached hydrogens (tertiary/aromatic N) is 1. The molecule has 1 aliphatic rings. The summed E-state index contributed by atoms with van der Waals surface area (Å²) in [4.78, 5) is 24.0. The summed E-state index contributed by atoms with van der Waals surface area (Å²) in [5.74, 6) is -0.581. The van der Waals surface area contributed by atoms with E-state index >= 15 is 0 Å². The van der Waals surface area contributed by atoms with Crippen LogP contribution in [-0.2, 0) is 9.53 Å². The molecular formula is C13H14FNO4. The molecule has 0 saturated carbocycles. The molecule has 1 saturated heterocycles. The van der Waals surface area contributed by atoms with E-state index < -0.39 is 5.82 Å². The summed E-state index contributed by atoms with van der Waals surface area (Å²) in [5, 5.41) is 0. The fourth-order valence-electron chi connectivity index (χ4n) is 1.78. The Morgan fingerprint density at radius 1 is 1.37 bits per heavy atom. The molecule has 0 atom stereocenters. The maximum absolute atomic E-state index is 13.1. The number of aldehydes is 1. The maximum atomic E-state index is 13.1. The van der Waals surface area contributed by atoms with Gasteiger partial charge in [0.1, 0.15) is 17.9 Å². The molecule has 0 N–H and O–H groups in total. The van der Waals surface area contributed by atoms with Crippen molar-refractivity contribution >= 4 is 12.2 Å². The van der Waals surface area contributed by atoms with E-state index in [1.165, 1.54) is 6.07 Å². The summed E-state index contributed by atoms with van der Waals surface area (Å²) in [6.07, 6.45) is 0.528. The van der Waals surface area contributed by atoms with Crippen molar-refractivity contribution in [2.75, 3.05) is 32.9 Å². The van der Waals surface area contributed by atoms with E-state index in [4.69, 9.17) is 9.47 Å². The first-order valence-corrected chi connectivity index (χ1v) is 5.93. The molecule has 0 aliphatic carbocycles. The van der Waals surface area contributed by atoms with Crippen LogP contribution in [0.5, 0.6) is 5.75 Å². The molecule has 1 amide bonds. The van der Waals surface area contributed by atoms with Crippen molar-refractivity contribution in [1.29, 1.82) is 0 Å². The molecule has 5 nitrogen and oxygen atoms in total. The van der Waals surface area contributed by atoms with Gasteiger partial charge in [0.2, 0.25) is 0 Å². The van der Waals surface area contributed by atoms with E-state index in [0.29, 0.717) is 32.6 Å². The average Bonchev–Trinajstić information content (AvgIpc) is 2.45. The second-order valence-corrected chi connectivity index (χ2v) is 4.12. The first-order chi connectivity index (χ1) is 9.19. The number of ether oxygens (including phenoxy) is 2. The zero-order chi connectivity index (χ0) is 13.7. The van der Waals surface area contributed by atoms with Crippen LogP contribution in [0.1, 0.15) is 10.4 Å². The van der Waals surface area contributed by atoms with Crippen molar-refractivity contribution in [3.8, 4) is 5.75 Å². The molecule has 6 heteroatoms. The van der Waals surface area contributed by atoms with Gasteiger partial charge in [-0.15, -0.1) is 0 Å². The van der Waals surface area contributed by atoms with E-state index in [1.807, 2.05) is 0 Å². The number of carbonyl (C=O) groups excluding carboxylic acids is 2. The first kappa shape index (κ1) is 13.5. The summed E-state index contributed by atoms with van der Waals surface area (Å²) in [6, 6.07) is 3.63. The lowest BCUT2D eigenvalue weighted by Gasteiger charge is -2.26. The van der Waals surface area contributed by atoms with E-state index in [9.17, 15) is 14.0 Å². The van der Waals surface area contributed by atoms with Crippen LogP contribution in [-0.4, -0.2) is 50.0 Å². The average molecular weight is 267 g/mol. The smallest absolute Gasteiger partial charge is 0.260 e. The predicted octanol–water partition coefficient (Wildman–Crippen LogP) is 0.876. The van der Waals surface area contributed by atoms with Gasteiger partial charge < -0.3 is 14.4 Å². The quantitative estimate of drug-likeness (QED) is 0.760. The summed E-state index contributed by atoms with van der Waals surface area (Å²) >= 11 is 0. The van der Waals surface area contributed by atoms with Crippen LogP contribution in [0, 0.1) is 5.82 Å². The zero-order valence-electron chi connectivity index (χ0n) is 10.3.